The lowest BCUT2D eigenvalue weighted by molar-refractivity contribution is -0.605. The summed E-state index contributed by atoms with van der Waals surface area (Å²) in [5.41, 5.74) is 1.75. The van der Waals surface area contributed by atoms with Crippen LogP contribution >= 0.6 is 0 Å². The average Bonchev–Trinajstić information content (AvgIpc) is 2.81. The van der Waals surface area contributed by atoms with Crippen LogP contribution in [0.15, 0.2) is 54.9 Å². The summed E-state index contributed by atoms with van der Waals surface area (Å²) in [6.45, 7) is 4.17. The molecule has 2 aromatic rings. The number of carbonyl (C=O) groups excluding carboxylic acids is 1. The molecule has 0 radical (unpaired) electrons. The quantitative estimate of drug-likeness (QED) is 0.640. The highest BCUT2D eigenvalue weighted by Crippen LogP contribution is 2.11. The Labute approximate surface area is 136 Å². The molecule has 0 bridgehead atoms. The first-order valence-electron chi connectivity index (χ1n) is 7.97. The van der Waals surface area contributed by atoms with Crippen LogP contribution in [0.1, 0.15) is 22.3 Å². The van der Waals surface area contributed by atoms with Crippen molar-refractivity contribution in [3.63, 3.8) is 0 Å². The minimum atomic E-state index is -0.0586. The molecule has 1 aromatic heterocycles. The first-order valence-corrected chi connectivity index (χ1v) is 7.97. The van der Waals surface area contributed by atoms with Crippen LogP contribution in [0.25, 0.3) is 0 Å². The van der Waals surface area contributed by atoms with Gasteiger partial charge in [-0.15, -0.1) is 0 Å². The van der Waals surface area contributed by atoms with Crippen molar-refractivity contribution in [3.8, 4) is 0 Å². The van der Waals surface area contributed by atoms with Crippen molar-refractivity contribution >= 4 is 5.91 Å². The Bertz CT molecular complexity index is 660. The minimum Gasteiger partial charge on any atom is -0.619 e. The van der Waals surface area contributed by atoms with Gasteiger partial charge in [0.2, 0.25) is 0 Å². The maximum Gasteiger partial charge on any atom is 0.260 e. The number of hydrogen-bond acceptors (Lipinski definition) is 3. The summed E-state index contributed by atoms with van der Waals surface area (Å²) in [7, 11) is 0. The molecule has 1 aliphatic heterocycles. The lowest BCUT2D eigenvalue weighted by Crippen LogP contribution is -2.36. The number of nitrogens with zero attached hydrogens (tertiary/aromatic N) is 3. The first kappa shape index (κ1) is 15.5. The zero-order chi connectivity index (χ0) is 16.1. The number of aromatic nitrogens is 1. The van der Waals surface area contributed by atoms with Gasteiger partial charge in [-0.1, -0.05) is 30.3 Å². The Kier molecular flexibility index (Phi) is 4.88. The highest BCUT2D eigenvalue weighted by molar-refractivity contribution is 5.93. The van der Waals surface area contributed by atoms with E-state index in [4.69, 9.17) is 0 Å². The second kappa shape index (κ2) is 7.24. The van der Waals surface area contributed by atoms with Crippen molar-refractivity contribution in [3.05, 3.63) is 71.2 Å². The third kappa shape index (κ3) is 4.07. The van der Waals surface area contributed by atoms with Gasteiger partial charge in [0.15, 0.2) is 12.4 Å². The summed E-state index contributed by atoms with van der Waals surface area (Å²) >= 11 is 0. The van der Waals surface area contributed by atoms with E-state index in [1.165, 1.54) is 18.0 Å². The van der Waals surface area contributed by atoms with Gasteiger partial charge in [-0.3, -0.25) is 9.69 Å². The number of pyridine rings is 1. The van der Waals surface area contributed by atoms with Gasteiger partial charge in [0.05, 0.1) is 0 Å². The first-order chi connectivity index (χ1) is 11.2. The van der Waals surface area contributed by atoms with E-state index in [-0.39, 0.29) is 5.91 Å². The van der Waals surface area contributed by atoms with E-state index >= 15 is 0 Å². The topological polar surface area (TPSA) is 50.5 Å². The fourth-order valence-corrected chi connectivity index (χ4v) is 2.94. The fraction of sp³-hybridized carbons (Fsp3) is 0.333. The Balaban J connectivity index is 1.61. The van der Waals surface area contributed by atoms with Crippen LogP contribution in [0.2, 0.25) is 0 Å². The van der Waals surface area contributed by atoms with Crippen LogP contribution in [0.5, 0.6) is 0 Å². The van der Waals surface area contributed by atoms with Gasteiger partial charge in [0.1, 0.15) is 5.56 Å². The predicted octanol–water partition coefficient (Wildman–Crippen LogP) is 1.67. The fourth-order valence-electron chi connectivity index (χ4n) is 2.94. The lowest BCUT2D eigenvalue weighted by Gasteiger charge is -2.22. The number of hydrogen-bond donors (Lipinski definition) is 0. The molecule has 1 aliphatic rings. The van der Waals surface area contributed by atoms with E-state index in [2.05, 4.69) is 29.2 Å². The molecule has 5 nitrogen and oxygen atoms in total. The van der Waals surface area contributed by atoms with Gasteiger partial charge in [-0.05, 0) is 18.1 Å². The van der Waals surface area contributed by atoms with Gasteiger partial charge in [-0.2, -0.15) is 4.73 Å². The maximum atomic E-state index is 12.5. The number of carbonyl (C=O) groups is 1. The van der Waals surface area contributed by atoms with E-state index in [1.807, 2.05) is 11.0 Å². The largest absolute Gasteiger partial charge is 0.619 e. The molecule has 1 fully saturated rings. The maximum absolute atomic E-state index is 12.5. The van der Waals surface area contributed by atoms with Crippen molar-refractivity contribution in [2.24, 2.45) is 0 Å². The van der Waals surface area contributed by atoms with Gasteiger partial charge in [0.25, 0.3) is 5.91 Å². The van der Waals surface area contributed by atoms with E-state index < -0.39 is 0 Å². The number of benzene rings is 1. The molecule has 0 N–H and O–H groups in total. The Morgan fingerprint density at radius 1 is 1.04 bits per heavy atom. The van der Waals surface area contributed by atoms with Crippen LogP contribution in [0.3, 0.4) is 0 Å². The molecular weight excluding hydrogens is 290 g/mol. The molecule has 2 heterocycles. The predicted molar refractivity (Wildman–Crippen MR) is 87.6 cm³/mol. The molecule has 23 heavy (non-hydrogen) atoms. The molecule has 5 heteroatoms. The monoisotopic (exact) mass is 311 g/mol. The molecular formula is C18H21N3O2. The average molecular weight is 311 g/mol. The van der Waals surface area contributed by atoms with E-state index in [0.29, 0.717) is 16.8 Å². The van der Waals surface area contributed by atoms with Crippen molar-refractivity contribution in [2.45, 2.75) is 13.0 Å². The van der Waals surface area contributed by atoms with Crippen molar-refractivity contribution in [1.82, 2.24) is 9.80 Å². The second-order valence-electron chi connectivity index (χ2n) is 5.86. The SMILES string of the molecule is O=C(c1ccc[n+]([O-])c1)N1CCCN(Cc2ccccc2)CC1. The Hall–Kier alpha value is -2.40. The van der Waals surface area contributed by atoms with Gasteiger partial charge in [-0.25, -0.2) is 0 Å². The molecule has 0 saturated carbocycles. The molecule has 0 aliphatic carbocycles. The lowest BCUT2D eigenvalue weighted by atomic mass is 10.2. The highest BCUT2D eigenvalue weighted by Gasteiger charge is 2.21. The molecule has 1 amide bonds. The summed E-state index contributed by atoms with van der Waals surface area (Å²) < 4.78 is 0.673. The molecule has 0 atom stereocenters. The second-order valence-corrected chi connectivity index (χ2v) is 5.86. The van der Waals surface area contributed by atoms with Crippen LogP contribution in [-0.4, -0.2) is 41.9 Å². The van der Waals surface area contributed by atoms with Gasteiger partial charge in [0, 0.05) is 38.8 Å². The highest BCUT2D eigenvalue weighted by atomic mass is 16.5. The van der Waals surface area contributed by atoms with Crippen molar-refractivity contribution in [1.29, 1.82) is 0 Å². The third-order valence-corrected chi connectivity index (χ3v) is 4.15. The van der Waals surface area contributed by atoms with E-state index in [9.17, 15) is 10.0 Å². The van der Waals surface area contributed by atoms with E-state index in [1.54, 1.807) is 12.1 Å². The van der Waals surface area contributed by atoms with Crippen LogP contribution in [0, 0.1) is 5.21 Å². The van der Waals surface area contributed by atoms with Crippen LogP contribution < -0.4 is 4.73 Å². The molecule has 120 valence electrons. The summed E-state index contributed by atoms with van der Waals surface area (Å²) in [4.78, 5) is 16.7. The summed E-state index contributed by atoms with van der Waals surface area (Å²) in [5.74, 6) is -0.0586. The molecule has 1 aromatic carbocycles. The smallest absolute Gasteiger partial charge is 0.260 e. The molecule has 0 spiro atoms. The molecule has 3 rings (SSSR count). The van der Waals surface area contributed by atoms with Crippen LogP contribution in [0.4, 0.5) is 0 Å². The zero-order valence-corrected chi connectivity index (χ0v) is 13.1. The van der Waals surface area contributed by atoms with Crippen molar-refractivity contribution < 1.29 is 9.52 Å². The standard InChI is InChI=1S/C18H21N3O2/c22-18(17-8-4-11-21(23)15-17)20-10-5-9-19(12-13-20)14-16-6-2-1-3-7-16/h1-4,6-8,11,15H,5,9-10,12-14H2. The molecule has 1 saturated heterocycles. The number of rotatable bonds is 3. The number of amides is 1. The summed E-state index contributed by atoms with van der Waals surface area (Å²) in [6.07, 6.45) is 3.68. The minimum absolute atomic E-state index is 0.0586. The van der Waals surface area contributed by atoms with Gasteiger partial charge < -0.3 is 10.1 Å². The van der Waals surface area contributed by atoms with Gasteiger partial charge >= 0.3 is 0 Å². The normalized spacial score (nSPS) is 16.1. The summed E-state index contributed by atoms with van der Waals surface area (Å²) in [6, 6.07) is 13.7. The van der Waals surface area contributed by atoms with Crippen LogP contribution in [-0.2, 0) is 6.54 Å². The third-order valence-electron chi connectivity index (χ3n) is 4.15. The van der Waals surface area contributed by atoms with E-state index in [0.717, 1.165) is 32.6 Å². The Morgan fingerprint density at radius 2 is 1.87 bits per heavy atom. The Morgan fingerprint density at radius 3 is 2.65 bits per heavy atom. The van der Waals surface area contributed by atoms with Crippen molar-refractivity contribution in [2.75, 3.05) is 26.2 Å². The molecule has 0 unspecified atom stereocenters. The summed E-state index contributed by atoms with van der Waals surface area (Å²) in [5, 5.41) is 11.3. The zero-order valence-electron chi connectivity index (χ0n) is 13.1.